The molecule has 17 heavy (non-hydrogen) atoms. The van der Waals surface area contributed by atoms with E-state index in [2.05, 4.69) is 68.7 Å². The van der Waals surface area contributed by atoms with Gasteiger partial charge in [-0.1, -0.05) is 39.0 Å². The predicted octanol–water partition coefficient (Wildman–Crippen LogP) is 2.77. The van der Waals surface area contributed by atoms with Gasteiger partial charge in [0.15, 0.2) is 6.21 Å². The molecule has 0 spiro atoms. The quantitative estimate of drug-likeness (QED) is 0.658. The molecule has 0 aliphatic carbocycles. The van der Waals surface area contributed by atoms with Crippen LogP contribution in [0.2, 0.25) is 0 Å². The van der Waals surface area contributed by atoms with E-state index in [-0.39, 0.29) is 5.41 Å². The minimum atomic E-state index is 0.186. The maximum Gasteiger partial charge on any atom is 0.236 e. The summed E-state index contributed by atoms with van der Waals surface area (Å²) < 4.78 is 2.11. The first-order valence-electron chi connectivity index (χ1n) is 6.09. The van der Waals surface area contributed by atoms with Crippen molar-refractivity contribution >= 4 is 11.9 Å². The molecule has 0 radical (unpaired) electrons. The highest BCUT2D eigenvalue weighted by molar-refractivity contribution is 6.37. The van der Waals surface area contributed by atoms with Crippen molar-refractivity contribution < 1.29 is 4.58 Å². The van der Waals surface area contributed by atoms with Gasteiger partial charge in [0.25, 0.3) is 0 Å². The van der Waals surface area contributed by atoms with Gasteiger partial charge in [0.1, 0.15) is 12.8 Å². The van der Waals surface area contributed by atoms with Crippen molar-refractivity contribution in [1.29, 1.82) is 0 Å². The van der Waals surface area contributed by atoms with Crippen molar-refractivity contribution in [3.8, 4) is 0 Å². The second kappa shape index (κ2) is 4.10. The molecule has 1 aromatic rings. The molecule has 2 heteroatoms. The normalized spacial score (nSPS) is 15.8. The predicted molar refractivity (Wildman–Crippen MR) is 73.5 cm³/mol. The molecule has 0 aromatic heterocycles. The van der Waals surface area contributed by atoms with Crippen LogP contribution in [0.4, 0.5) is 0 Å². The minimum absolute atomic E-state index is 0.186. The number of rotatable bonds is 1. The van der Waals surface area contributed by atoms with E-state index in [0.717, 1.165) is 12.4 Å². The van der Waals surface area contributed by atoms with Crippen LogP contribution in [-0.2, 0) is 5.41 Å². The fourth-order valence-electron chi connectivity index (χ4n) is 2.36. The molecular formula is C15H21N2+. The maximum absolute atomic E-state index is 4.56. The standard InChI is InChI=1S/C15H21N2/c1-11-12(14-9-17(5)10-16-14)7-6-8-13(11)15(2,3)4/h6-9H,10H2,1-5H3/q+1. The maximum atomic E-state index is 4.56. The third-order valence-electron chi connectivity index (χ3n) is 3.22. The molecule has 1 heterocycles. The average molecular weight is 229 g/mol. The highest BCUT2D eigenvalue weighted by Crippen LogP contribution is 2.27. The molecule has 0 bridgehead atoms. The highest BCUT2D eigenvalue weighted by atomic mass is 15.1. The summed E-state index contributed by atoms with van der Waals surface area (Å²) >= 11 is 0. The number of aliphatic imine (C=N–C) groups is 1. The summed E-state index contributed by atoms with van der Waals surface area (Å²) in [6, 6.07) is 6.52. The van der Waals surface area contributed by atoms with Gasteiger partial charge in [-0.2, -0.15) is 0 Å². The van der Waals surface area contributed by atoms with E-state index in [0.29, 0.717) is 0 Å². The van der Waals surface area contributed by atoms with Gasteiger partial charge in [0, 0.05) is 5.56 Å². The zero-order chi connectivity index (χ0) is 12.6. The van der Waals surface area contributed by atoms with Crippen molar-refractivity contribution in [2.75, 3.05) is 13.7 Å². The first-order valence-corrected chi connectivity index (χ1v) is 6.09. The van der Waals surface area contributed by atoms with Crippen LogP contribution >= 0.6 is 0 Å². The minimum Gasteiger partial charge on any atom is -0.216 e. The Morgan fingerprint density at radius 1 is 1.24 bits per heavy atom. The molecule has 90 valence electrons. The Hall–Kier alpha value is -1.44. The lowest BCUT2D eigenvalue weighted by Crippen LogP contribution is -2.16. The van der Waals surface area contributed by atoms with Crippen LogP contribution in [0.15, 0.2) is 23.2 Å². The summed E-state index contributed by atoms with van der Waals surface area (Å²) in [5, 5.41) is 0. The van der Waals surface area contributed by atoms with Gasteiger partial charge in [-0.25, -0.2) is 9.57 Å². The molecule has 0 amide bonds. The molecule has 0 saturated heterocycles. The van der Waals surface area contributed by atoms with E-state index in [4.69, 9.17) is 0 Å². The van der Waals surface area contributed by atoms with Gasteiger partial charge in [-0.05, 0) is 23.5 Å². The lowest BCUT2D eigenvalue weighted by atomic mass is 9.82. The van der Waals surface area contributed by atoms with Crippen molar-refractivity contribution in [3.05, 3.63) is 34.9 Å². The summed E-state index contributed by atoms with van der Waals surface area (Å²) in [4.78, 5) is 4.56. The Kier molecular flexibility index (Phi) is 2.90. The molecular weight excluding hydrogens is 208 g/mol. The van der Waals surface area contributed by atoms with Crippen LogP contribution < -0.4 is 0 Å². The Bertz CT molecular complexity index is 502. The van der Waals surface area contributed by atoms with Gasteiger partial charge >= 0.3 is 0 Å². The second-order valence-electron chi connectivity index (χ2n) is 5.80. The van der Waals surface area contributed by atoms with Gasteiger partial charge in [-0.15, -0.1) is 0 Å². The number of hydrogen-bond acceptors (Lipinski definition) is 1. The van der Waals surface area contributed by atoms with Crippen molar-refractivity contribution in [2.24, 2.45) is 4.99 Å². The summed E-state index contributed by atoms with van der Waals surface area (Å²) in [6.07, 6.45) is 2.12. The summed E-state index contributed by atoms with van der Waals surface area (Å²) in [6.45, 7) is 9.74. The molecule has 2 nitrogen and oxygen atoms in total. The van der Waals surface area contributed by atoms with E-state index >= 15 is 0 Å². The van der Waals surface area contributed by atoms with Crippen LogP contribution in [0.1, 0.15) is 37.5 Å². The molecule has 1 aromatic carbocycles. The largest absolute Gasteiger partial charge is 0.236 e. The molecule has 0 N–H and O–H groups in total. The van der Waals surface area contributed by atoms with Crippen LogP contribution in [0.25, 0.3) is 0 Å². The molecule has 0 atom stereocenters. The van der Waals surface area contributed by atoms with Crippen LogP contribution in [0.5, 0.6) is 0 Å². The van der Waals surface area contributed by atoms with Crippen molar-refractivity contribution in [3.63, 3.8) is 0 Å². The Morgan fingerprint density at radius 2 is 1.94 bits per heavy atom. The number of hydrogen-bond donors (Lipinski definition) is 0. The zero-order valence-corrected chi connectivity index (χ0v) is 11.4. The highest BCUT2D eigenvalue weighted by Gasteiger charge is 2.21. The van der Waals surface area contributed by atoms with E-state index in [1.807, 2.05) is 0 Å². The SMILES string of the molecule is Cc1c(C2=NC[N+](C)=C2)cccc1C(C)(C)C. The topological polar surface area (TPSA) is 15.4 Å². The Balaban J connectivity index is 2.51. The van der Waals surface area contributed by atoms with Crippen molar-refractivity contribution in [1.82, 2.24) is 0 Å². The molecule has 0 fully saturated rings. The van der Waals surface area contributed by atoms with Crippen LogP contribution in [0.3, 0.4) is 0 Å². The first kappa shape index (κ1) is 12.0. The van der Waals surface area contributed by atoms with Gasteiger partial charge in [-0.3, -0.25) is 0 Å². The number of nitrogens with zero attached hydrogens (tertiary/aromatic N) is 2. The number of benzene rings is 1. The van der Waals surface area contributed by atoms with Crippen molar-refractivity contribution in [2.45, 2.75) is 33.1 Å². The fraction of sp³-hybridized carbons (Fsp3) is 0.467. The molecule has 1 aliphatic rings. The monoisotopic (exact) mass is 229 g/mol. The molecule has 0 saturated carbocycles. The molecule has 1 aliphatic heterocycles. The van der Waals surface area contributed by atoms with E-state index < -0.39 is 0 Å². The smallest absolute Gasteiger partial charge is 0.216 e. The lowest BCUT2D eigenvalue weighted by molar-refractivity contribution is -0.485. The lowest BCUT2D eigenvalue weighted by Gasteiger charge is -2.22. The van der Waals surface area contributed by atoms with Gasteiger partial charge in [0.2, 0.25) is 6.67 Å². The van der Waals surface area contributed by atoms with Gasteiger partial charge < -0.3 is 0 Å². The Morgan fingerprint density at radius 3 is 2.47 bits per heavy atom. The summed E-state index contributed by atoms with van der Waals surface area (Å²) in [5.74, 6) is 0. The summed E-state index contributed by atoms with van der Waals surface area (Å²) in [5.41, 5.74) is 5.31. The van der Waals surface area contributed by atoms with E-state index in [1.54, 1.807) is 0 Å². The van der Waals surface area contributed by atoms with E-state index in [9.17, 15) is 0 Å². The molecule has 0 unspecified atom stereocenters. The van der Waals surface area contributed by atoms with Gasteiger partial charge in [0.05, 0.1) is 0 Å². The zero-order valence-electron chi connectivity index (χ0n) is 11.4. The first-order chi connectivity index (χ1) is 7.89. The van der Waals surface area contributed by atoms with Crippen LogP contribution in [-0.4, -0.2) is 30.2 Å². The average Bonchev–Trinajstić information content (AvgIpc) is 2.63. The summed E-state index contributed by atoms with van der Waals surface area (Å²) in [7, 11) is 2.06. The third-order valence-corrected chi connectivity index (χ3v) is 3.22. The second-order valence-corrected chi connectivity index (χ2v) is 5.80. The fourth-order valence-corrected chi connectivity index (χ4v) is 2.36. The molecule has 2 rings (SSSR count). The van der Waals surface area contributed by atoms with E-state index in [1.165, 1.54) is 16.7 Å². The van der Waals surface area contributed by atoms with Crippen LogP contribution in [0, 0.1) is 6.92 Å². The third kappa shape index (κ3) is 2.31. The Labute approximate surface area is 104 Å².